The summed E-state index contributed by atoms with van der Waals surface area (Å²) in [6.07, 6.45) is -2.15. The number of H-pyrrole nitrogens is 1. The van der Waals surface area contributed by atoms with Crippen LogP contribution in [0.5, 0.6) is 0 Å². The largest absolute Gasteiger partial charge is 0.464 e. The predicted molar refractivity (Wildman–Crippen MR) is 66.5 cm³/mol. The molecule has 116 valence electrons. The van der Waals surface area contributed by atoms with Crippen LogP contribution in [0.25, 0.3) is 0 Å². The Hall–Kier alpha value is -1.57. The molecule has 3 heterocycles. The second-order valence-corrected chi connectivity index (χ2v) is 5.51. The summed E-state index contributed by atoms with van der Waals surface area (Å²) in [5.41, 5.74) is -0.409. The zero-order valence-corrected chi connectivity index (χ0v) is 11.3. The van der Waals surface area contributed by atoms with Crippen molar-refractivity contribution < 1.29 is 22.7 Å². The summed E-state index contributed by atoms with van der Waals surface area (Å²) in [6, 6.07) is 0.819. The Kier molecular flexibility index (Phi) is 3.64. The van der Waals surface area contributed by atoms with E-state index in [0.717, 1.165) is 25.5 Å². The van der Waals surface area contributed by atoms with E-state index in [1.165, 1.54) is 0 Å². The number of ether oxygens (including phenoxy) is 1. The summed E-state index contributed by atoms with van der Waals surface area (Å²) in [5, 5.41) is 5.83. The van der Waals surface area contributed by atoms with Gasteiger partial charge in [-0.1, -0.05) is 0 Å². The van der Waals surface area contributed by atoms with Gasteiger partial charge >= 0.3 is 12.1 Å². The topological polar surface area (TPSA) is 58.2 Å². The van der Waals surface area contributed by atoms with Crippen LogP contribution < -0.4 is 0 Å². The number of nitrogens with one attached hydrogen (secondary N) is 1. The van der Waals surface area contributed by atoms with E-state index in [1.54, 1.807) is 0 Å². The van der Waals surface area contributed by atoms with Gasteiger partial charge in [-0.25, -0.2) is 0 Å². The first-order valence-electron chi connectivity index (χ1n) is 6.98. The summed E-state index contributed by atoms with van der Waals surface area (Å²) >= 11 is 0. The van der Waals surface area contributed by atoms with Gasteiger partial charge in [0.2, 0.25) is 0 Å². The number of rotatable bonds is 2. The number of aromatic nitrogens is 2. The quantitative estimate of drug-likeness (QED) is 0.848. The highest BCUT2D eigenvalue weighted by atomic mass is 19.4. The molecule has 0 unspecified atom stereocenters. The molecule has 8 heteroatoms. The molecule has 2 aliphatic rings. The van der Waals surface area contributed by atoms with E-state index < -0.39 is 11.9 Å². The van der Waals surface area contributed by atoms with Crippen LogP contribution in [0.4, 0.5) is 13.2 Å². The fourth-order valence-corrected chi connectivity index (χ4v) is 3.05. The number of likely N-dealkylation sites (tertiary alicyclic amines) is 1. The minimum atomic E-state index is -4.43. The Bertz CT molecular complexity index is 529. The maximum atomic E-state index is 12.6. The molecule has 0 aliphatic carbocycles. The first-order chi connectivity index (χ1) is 9.95. The van der Waals surface area contributed by atoms with Crippen molar-refractivity contribution >= 4 is 5.97 Å². The monoisotopic (exact) mass is 303 g/mol. The number of aromatic amines is 1. The highest BCUT2D eigenvalue weighted by Crippen LogP contribution is 2.33. The minimum Gasteiger partial charge on any atom is -0.464 e. The molecule has 3 rings (SSSR count). The van der Waals surface area contributed by atoms with Gasteiger partial charge in [0, 0.05) is 24.6 Å². The highest BCUT2D eigenvalue weighted by Gasteiger charge is 2.38. The number of carbonyl (C=O) groups is 1. The van der Waals surface area contributed by atoms with Gasteiger partial charge in [-0.15, -0.1) is 0 Å². The molecular formula is C13H16F3N3O2. The minimum absolute atomic E-state index is 0.0595. The average Bonchev–Trinajstić information content (AvgIpc) is 3.06. The van der Waals surface area contributed by atoms with Gasteiger partial charge in [-0.2, -0.15) is 18.3 Å². The Morgan fingerprint density at radius 1 is 1.38 bits per heavy atom. The highest BCUT2D eigenvalue weighted by molar-refractivity contribution is 5.77. The molecule has 0 bridgehead atoms. The number of nitrogens with zero attached hydrogens (tertiary/aromatic N) is 2. The third-order valence-electron chi connectivity index (χ3n) is 4.13. The van der Waals surface area contributed by atoms with E-state index >= 15 is 0 Å². The lowest BCUT2D eigenvalue weighted by atomic mass is 9.93. The van der Waals surface area contributed by atoms with E-state index in [9.17, 15) is 18.0 Å². The molecule has 21 heavy (non-hydrogen) atoms. The van der Waals surface area contributed by atoms with Crippen molar-refractivity contribution in [1.82, 2.24) is 15.1 Å². The predicted octanol–water partition coefficient (Wildman–Crippen LogP) is 1.92. The lowest BCUT2D eigenvalue weighted by Gasteiger charge is -2.34. The zero-order valence-electron chi connectivity index (χ0n) is 11.3. The summed E-state index contributed by atoms with van der Waals surface area (Å²) < 4.78 is 42.7. The molecule has 1 aromatic rings. The van der Waals surface area contributed by atoms with Crippen LogP contribution in [0.1, 0.15) is 36.6 Å². The van der Waals surface area contributed by atoms with Crippen molar-refractivity contribution in [3.8, 4) is 0 Å². The van der Waals surface area contributed by atoms with Gasteiger partial charge in [-0.05, 0) is 25.5 Å². The van der Waals surface area contributed by atoms with E-state index in [-0.39, 0.29) is 17.9 Å². The van der Waals surface area contributed by atoms with Crippen molar-refractivity contribution in [2.45, 2.75) is 37.4 Å². The van der Waals surface area contributed by atoms with Crippen LogP contribution in [0, 0.1) is 0 Å². The summed E-state index contributed by atoms with van der Waals surface area (Å²) in [4.78, 5) is 13.6. The van der Waals surface area contributed by atoms with Gasteiger partial charge in [-0.3, -0.25) is 14.8 Å². The number of cyclic esters (lactones) is 1. The van der Waals surface area contributed by atoms with Gasteiger partial charge in [0.1, 0.15) is 6.04 Å². The molecule has 0 aromatic carbocycles. The van der Waals surface area contributed by atoms with Crippen LogP contribution in [0.15, 0.2) is 6.07 Å². The fourth-order valence-electron chi connectivity index (χ4n) is 3.05. The van der Waals surface area contributed by atoms with Crippen LogP contribution in [-0.2, 0) is 15.7 Å². The lowest BCUT2D eigenvalue weighted by molar-refractivity contribution is -0.143. The molecule has 1 aromatic heterocycles. The third-order valence-corrected chi connectivity index (χ3v) is 4.13. The van der Waals surface area contributed by atoms with Gasteiger partial charge < -0.3 is 4.74 Å². The molecule has 0 radical (unpaired) electrons. The standard InChI is InChI=1S/C13H16F3N3O2/c14-13(15,16)11-6-9(17-18-11)8-2-1-4-19(7-8)10-3-5-21-12(10)20/h6,8,10H,1-5,7H2,(H,17,18)/t8-,10+/m1/s1. The molecule has 1 N–H and O–H groups in total. The summed E-state index contributed by atoms with van der Waals surface area (Å²) in [6.45, 7) is 1.75. The first kappa shape index (κ1) is 14.4. The maximum absolute atomic E-state index is 12.6. The number of halogens is 3. The average molecular weight is 303 g/mol. The number of carbonyl (C=O) groups excluding carboxylic acids is 1. The van der Waals surface area contributed by atoms with Gasteiger partial charge in [0.25, 0.3) is 0 Å². The maximum Gasteiger partial charge on any atom is 0.435 e. The molecular weight excluding hydrogens is 287 g/mol. The Labute approximate surface area is 119 Å². The summed E-state index contributed by atoms with van der Waals surface area (Å²) in [7, 11) is 0. The van der Waals surface area contributed by atoms with Crippen molar-refractivity contribution in [3.05, 3.63) is 17.5 Å². The van der Waals surface area contributed by atoms with E-state index in [1.807, 2.05) is 4.90 Å². The number of alkyl halides is 3. The van der Waals surface area contributed by atoms with E-state index in [0.29, 0.717) is 25.3 Å². The molecule has 2 aliphatic heterocycles. The van der Waals surface area contributed by atoms with Gasteiger partial charge in [0.15, 0.2) is 5.69 Å². The Morgan fingerprint density at radius 2 is 2.19 bits per heavy atom. The normalized spacial score (nSPS) is 27.9. The molecule has 0 spiro atoms. The smallest absolute Gasteiger partial charge is 0.435 e. The van der Waals surface area contributed by atoms with Crippen LogP contribution >= 0.6 is 0 Å². The second-order valence-electron chi connectivity index (χ2n) is 5.51. The number of esters is 1. The lowest BCUT2D eigenvalue weighted by Crippen LogP contribution is -2.44. The van der Waals surface area contributed by atoms with Crippen molar-refractivity contribution in [3.63, 3.8) is 0 Å². The molecule has 2 fully saturated rings. The van der Waals surface area contributed by atoms with Crippen molar-refractivity contribution in [2.75, 3.05) is 19.7 Å². The van der Waals surface area contributed by atoms with Gasteiger partial charge in [0.05, 0.1) is 6.61 Å². The summed E-state index contributed by atoms with van der Waals surface area (Å²) in [5.74, 6) is -0.285. The fraction of sp³-hybridized carbons (Fsp3) is 0.692. The molecule has 0 amide bonds. The molecule has 0 saturated carbocycles. The number of hydrogen-bond acceptors (Lipinski definition) is 4. The molecule has 2 atom stereocenters. The van der Waals surface area contributed by atoms with Crippen molar-refractivity contribution in [1.29, 1.82) is 0 Å². The zero-order chi connectivity index (χ0) is 15.0. The van der Waals surface area contributed by atoms with E-state index in [2.05, 4.69) is 10.2 Å². The van der Waals surface area contributed by atoms with Crippen LogP contribution in [0.3, 0.4) is 0 Å². The van der Waals surface area contributed by atoms with E-state index in [4.69, 9.17) is 4.74 Å². The Morgan fingerprint density at radius 3 is 2.81 bits per heavy atom. The van der Waals surface area contributed by atoms with Crippen molar-refractivity contribution in [2.24, 2.45) is 0 Å². The van der Waals surface area contributed by atoms with Crippen LogP contribution in [0.2, 0.25) is 0 Å². The SMILES string of the molecule is O=C1OCC[C@@H]1N1CCC[C@@H](c2cc(C(F)(F)F)n[nH]2)C1. The number of hydrogen-bond donors (Lipinski definition) is 1. The molecule has 5 nitrogen and oxygen atoms in total. The first-order valence-corrected chi connectivity index (χ1v) is 6.98. The Balaban J connectivity index is 1.71. The third kappa shape index (κ3) is 2.90. The molecule has 2 saturated heterocycles. The van der Waals surface area contributed by atoms with Crippen LogP contribution in [-0.4, -0.2) is 46.8 Å². The number of piperidine rings is 1. The second kappa shape index (κ2) is 5.32.